The molecular weight excluding hydrogens is 244 g/mol. The first-order valence-corrected chi connectivity index (χ1v) is 7.11. The Morgan fingerprint density at radius 1 is 1.42 bits per heavy atom. The summed E-state index contributed by atoms with van der Waals surface area (Å²) in [6, 6.07) is 0. The fourth-order valence-electron chi connectivity index (χ4n) is 4.38. The normalized spacial score (nSPS) is 53.5. The van der Waals surface area contributed by atoms with Crippen LogP contribution in [0.4, 0.5) is 0 Å². The van der Waals surface area contributed by atoms with Gasteiger partial charge >= 0.3 is 5.97 Å². The number of aliphatic hydroxyl groups excluding tert-OH is 1. The smallest absolute Gasteiger partial charge is 0.309 e. The van der Waals surface area contributed by atoms with Gasteiger partial charge in [0.2, 0.25) is 0 Å². The number of rotatable bonds is 0. The highest BCUT2D eigenvalue weighted by Gasteiger charge is 2.67. The summed E-state index contributed by atoms with van der Waals surface area (Å²) in [4.78, 5) is 11.8. The van der Waals surface area contributed by atoms with Gasteiger partial charge in [0.05, 0.1) is 12.0 Å². The summed E-state index contributed by atoms with van der Waals surface area (Å²) in [7, 11) is 0. The number of aliphatic hydroxyl groups is 2. The van der Waals surface area contributed by atoms with Crippen LogP contribution in [0.3, 0.4) is 0 Å². The van der Waals surface area contributed by atoms with Crippen LogP contribution in [0, 0.1) is 17.3 Å². The number of hydrogen-bond acceptors (Lipinski definition) is 4. The van der Waals surface area contributed by atoms with Crippen LogP contribution in [0.25, 0.3) is 0 Å². The molecule has 0 aromatic carbocycles. The van der Waals surface area contributed by atoms with Crippen LogP contribution < -0.4 is 0 Å². The molecule has 1 saturated heterocycles. The fourth-order valence-corrected chi connectivity index (χ4v) is 4.38. The average Bonchev–Trinajstić information content (AvgIpc) is 2.66. The van der Waals surface area contributed by atoms with Crippen molar-refractivity contribution in [3.05, 3.63) is 12.2 Å². The first kappa shape index (κ1) is 13.1. The summed E-state index contributed by atoms with van der Waals surface area (Å²) in [5, 5.41) is 21.6. The highest BCUT2D eigenvalue weighted by atomic mass is 16.6. The zero-order valence-electron chi connectivity index (χ0n) is 11.6. The number of fused-ring (bicyclic) bond motifs is 3. The van der Waals surface area contributed by atoms with E-state index in [9.17, 15) is 15.0 Å². The molecule has 106 valence electrons. The third kappa shape index (κ3) is 1.39. The van der Waals surface area contributed by atoms with E-state index in [0.717, 1.165) is 6.42 Å². The number of carbonyl (C=O) groups excluding carboxylic acids is 1. The Balaban J connectivity index is 2.08. The van der Waals surface area contributed by atoms with E-state index < -0.39 is 23.2 Å². The zero-order chi connectivity index (χ0) is 14.0. The van der Waals surface area contributed by atoms with Crippen molar-refractivity contribution in [3.8, 4) is 0 Å². The van der Waals surface area contributed by atoms with Crippen LogP contribution in [-0.2, 0) is 9.53 Å². The molecule has 0 aromatic heterocycles. The highest BCUT2D eigenvalue weighted by molar-refractivity contribution is 5.75. The lowest BCUT2D eigenvalue weighted by atomic mass is 9.51. The van der Waals surface area contributed by atoms with E-state index in [2.05, 4.69) is 6.58 Å². The lowest BCUT2D eigenvalue weighted by Gasteiger charge is -2.58. The minimum atomic E-state index is -1.28. The number of hydrogen-bond donors (Lipinski definition) is 2. The second-order valence-corrected chi connectivity index (χ2v) is 6.69. The molecule has 3 aliphatic rings. The summed E-state index contributed by atoms with van der Waals surface area (Å²) in [6.45, 7) is 7.77. The van der Waals surface area contributed by atoms with Gasteiger partial charge in [-0.3, -0.25) is 4.79 Å². The van der Waals surface area contributed by atoms with Crippen molar-refractivity contribution >= 4 is 5.97 Å². The Morgan fingerprint density at radius 2 is 2.11 bits per heavy atom. The standard InChI is InChI=1S/C15H22O4/c1-8-4-5-11(16)14(3)7-6-10-9(2)13(17)19-12(10)15(8,14)18/h9-12,16,18H,1,4-7H2,2-3H3/t9-,10-,11+,12+,14+,15+/m1/s1. The molecule has 2 aliphatic carbocycles. The first-order chi connectivity index (χ1) is 8.82. The number of ether oxygens (including phenoxy) is 1. The molecule has 0 amide bonds. The van der Waals surface area contributed by atoms with Gasteiger partial charge in [0, 0.05) is 11.3 Å². The maximum absolute atomic E-state index is 11.8. The van der Waals surface area contributed by atoms with Crippen LogP contribution in [0.15, 0.2) is 12.2 Å². The predicted octanol–water partition coefficient (Wildman–Crippen LogP) is 1.41. The van der Waals surface area contributed by atoms with Crippen LogP contribution in [-0.4, -0.2) is 34.0 Å². The Bertz CT molecular complexity index is 445. The lowest BCUT2D eigenvalue weighted by Crippen LogP contribution is -2.67. The quantitative estimate of drug-likeness (QED) is 0.514. The molecule has 3 rings (SSSR count). The SMILES string of the molecule is C=C1CC[C@H](O)[C@]2(C)CC[C@@H]3[C@@H](C)C(=O)O[C@@H]3[C@@]12O. The Kier molecular flexibility index (Phi) is 2.64. The molecule has 0 aromatic rings. The predicted molar refractivity (Wildman–Crippen MR) is 69.2 cm³/mol. The van der Waals surface area contributed by atoms with Crippen LogP contribution in [0.5, 0.6) is 0 Å². The molecule has 0 unspecified atom stereocenters. The summed E-state index contributed by atoms with van der Waals surface area (Å²) in [5.74, 6) is -0.376. The Labute approximate surface area is 113 Å². The largest absolute Gasteiger partial charge is 0.458 e. The molecule has 0 spiro atoms. The van der Waals surface area contributed by atoms with Crippen molar-refractivity contribution in [3.63, 3.8) is 0 Å². The van der Waals surface area contributed by atoms with Gasteiger partial charge in [-0.1, -0.05) is 20.4 Å². The van der Waals surface area contributed by atoms with Crippen LogP contribution >= 0.6 is 0 Å². The minimum Gasteiger partial charge on any atom is -0.458 e. The van der Waals surface area contributed by atoms with Gasteiger partial charge in [-0.2, -0.15) is 0 Å². The topological polar surface area (TPSA) is 66.8 Å². The van der Waals surface area contributed by atoms with Crippen LogP contribution in [0.2, 0.25) is 0 Å². The summed E-state index contributed by atoms with van der Waals surface area (Å²) < 4.78 is 5.47. The van der Waals surface area contributed by atoms with E-state index in [4.69, 9.17) is 4.74 Å². The monoisotopic (exact) mass is 266 g/mol. The van der Waals surface area contributed by atoms with Crippen molar-refractivity contribution in [1.29, 1.82) is 0 Å². The Morgan fingerprint density at radius 3 is 2.79 bits per heavy atom. The molecule has 0 bridgehead atoms. The van der Waals surface area contributed by atoms with E-state index >= 15 is 0 Å². The van der Waals surface area contributed by atoms with Gasteiger partial charge in [-0.05, 0) is 31.3 Å². The molecule has 2 N–H and O–H groups in total. The maximum Gasteiger partial charge on any atom is 0.309 e. The number of esters is 1. The van der Waals surface area contributed by atoms with Gasteiger partial charge < -0.3 is 14.9 Å². The molecule has 0 radical (unpaired) electrons. The van der Waals surface area contributed by atoms with Gasteiger partial charge in [-0.25, -0.2) is 0 Å². The molecule has 6 atom stereocenters. The van der Waals surface area contributed by atoms with Crippen LogP contribution in [0.1, 0.15) is 39.5 Å². The highest BCUT2D eigenvalue weighted by Crippen LogP contribution is 2.59. The summed E-state index contributed by atoms with van der Waals surface area (Å²) in [5.41, 5.74) is -1.24. The maximum atomic E-state index is 11.8. The summed E-state index contributed by atoms with van der Waals surface area (Å²) in [6.07, 6.45) is 1.60. The van der Waals surface area contributed by atoms with Crippen molar-refractivity contribution < 1.29 is 19.7 Å². The second-order valence-electron chi connectivity index (χ2n) is 6.69. The molecule has 1 aliphatic heterocycles. The summed E-state index contributed by atoms with van der Waals surface area (Å²) >= 11 is 0. The zero-order valence-corrected chi connectivity index (χ0v) is 11.6. The van der Waals surface area contributed by atoms with E-state index in [1.54, 1.807) is 0 Å². The van der Waals surface area contributed by atoms with Crippen molar-refractivity contribution in [2.24, 2.45) is 17.3 Å². The van der Waals surface area contributed by atoms with Gasteiger partial charge in [0.25, 0.3) is 0 Å². The fraction of sp³-hybridized carbons (Fsp3) is 0.800. The second kappa shape index (κ2) is 3.83. The lowest BCUT2D eigenvalue weighted by molar-refractivity contribution is -0.216. The van der Waals surface area contributed by atoms with Gasteiger partial charge in [0.15, 0.2) is 0 Å². The minimum absolute atomic E-state index is 0.0348. The first-order valence-electron chi connectivity index (χ1n) is 7.11. The van der Waals surface area contributed by atoms with E-state index in [1.807, 2.05) is 13.8 Å². The van der Waals surface area contributed by atoms with E-state index in [-0.39, 0.29) is 17.8 Å². The molecule has 1 heterocycles. The molecular formula is C15H22O4. The number of carbonyl (C=O) groups is 1. The van der Waals surface area contributed by atoms with E-state index in [1.165, 1.54) is 0 Å². The van der Waals surface area contributed by atoms with Gasteiger partial charge in [0.1, 0.15) is 11.7 Å². The third-order valence-corrected chi connectivity index (χ3v) is 5.92. The molecule has 4 nitrogen and oxygen atoms in total. The van der Waals surface area contributed by atoms with E-state index in [0.29, 0.717) is 24.8 Å². The van der Waals surface area contributed by atoms with Crippen molar-refractivity contribution in [2.45, 2.75) is 57.3 Å². The average molecular weight is 266 g/mol. The molecule has 4 heteroatoms. The van der Waals surface area contributed by atoms with Crippen molar-refractivity contribution in [2.75, 3.05) is 0 Å². The third-order valence-electron chi connectivity index (χ3n) is 5.92. The molecule has 2 saturated carbocycles. The Hall–Kier alpha value is -0.870. The molecule has 19 heavy (non-hydrogen) atoms. The van der Waals surface area contributed by atoms with Gasteiger partial charge in [-0.15, -0.1) is 0 Å². The van der Waals surface area contributed by atoms with Crippen molar-refractivity contribution in [1.82, 2.24) is 0 Å². The molecule has 3 fully saturated rings.